The fourth-order valence-corrected chi connectivity index (χ4v) is 2.44. The molecule has 1 fully saturated rings. The van der Waals surface area contributed by atoms with Crippen molar-refractivity contribution >= 4 is 23.5 Å². The van der Waals surface area contributed by atoms with Gasteiger partial charge in [0.1, 0.15) is 11.6 Å². The van der Waals surface area contributed by atoms with Gasteiger partial charge in [-0.2, -0.15) is 0 Å². The third kappa shape index (κ3) is 5.21. The van der Waals surface area contributed by atoms with Crippen molar-refractivity contribution in [3.8, 4) is 0 Å². The number of aromatic nitrogens is 1. The van der Waals surface area contributed by atoms with Gasteiger partial charge in [0.15, 0.2) is 0 Å². The lowest BCUT2D eigenvalue weighted by molar-refractivity contribution is -0.134. The minimum absolute atomic E-state index is 0.0398. The number of aliphatic hydroxyl groups excluding tert-OH is 1. The van der Waals surface area contributed by atoms with Gasteiger partial charge in [-0.05, 0) is 25.0 Å². The molecule has 1 aliphatic rings. The summed E-state index contributed by atoms with van der Waals surface area (Å²) in [5.74, 6) is 0.973. The Kier molecular flexibility index (Phi) is 5.92. The Morgan fingerprint density at radius 3 is 2.65 bits per heavy atom. The maximum Gasteiger partial charge on any atom is 0.226 e. The summed E-state index contributed by atoms with van der Waals surface area (Å²) in [6, 6.07) is 5.39. The highest BCUT2D eigenvalue weighted by atomic mass is 16.3. The Bertz CT molecular complexity index is 554. The summed E-state index contributed by atoms with van der Waals surface area (Å²) in [6.45, 7) is 1.13. The minimum atomic E-state index is -0.308. The predicted molar refractivity (Wildman–Crippen MR) is 88.2 cm³/mol. The second-order valence-electron chi connectivity index (χ2n) is 5.94. The first-order valence-electron chi connectivity index (χ1n) is 7.86. The molecule has 2 heterocycles. The molecule has 1 saturated heterocycles. The number of rotatable bonds is 5. The zero-order valence-corrected chi connectivity index (χ0v) is 13.7. The van der Waals surface area contributed by atoms with Crippen LogP contribution >= 0.6 is 0 Å². The van der Waals surface area contributed by atoms with Crippen LogP contribution in [0.5, 0.6) is 0 Å². The van der Waals surface area contributed by atoms with Crippen LogP contribution in [0.2, 0.25) is 0 Å². The molecule has 0 atom stereocenters. The number of carbonyl (C=O) groups excluding carboxylic acids is 2. The van der Waals surface area contributed by atoms with E-state index >= 15 is 0 Å². The summed E-state index contributed by atoms with van der Waals surface area (Å²) in [4.78, 5) is 31.9. The van der Waals surface area contributed by atoms with E-state index in [-0.39, 0.29) is 30.8 Å². The van der Waals surface area contributed by atoms with Crippen molar-refractivity contribution in [3.63, 3.8) is 0 Å². The number of nitrogens with one attached hydrogen (secondary N) is 1. The lowest BCUT2D eigenvalue weighted by Gasteiger charge is -2.29. The molecule has 0 spiro atoms. The van der Waals surface area contributed by atoms with Gasteiger partial charge in [-0.15, -0.1) is 0 Å². The Hall–Kier alpha value is -2.15. The van der Waals surface area contributed by atoms with Crippen molar-refractivity contribution in [2.45, 2.75) is 31.8 Å². The number of carbonyl (C=O) groups is 2. The fraction of sp³-hybridized carbons (Fsp3) is 0.562. The summed E-state index contributed by atoms with van der Waals surface area (Å²) in [5.41, 5.74) is 0. The van der Waals surface area contributed by atoms with Gasteiger partial charge in [0.25, 0.3) is 0 Å². The topological polar surface area (TPSA) is 85.8 Å². The number of likely N-dealkylation sites (tertiary alicyclic amines) is 1. The number of anilines is 2. The molecule has 7 nitrogen and oxygen atoms in total. The fourth-order valence-electron chi connectivity index (χ4n) is 2.44. The lowest BCUT2D eigenvalue weighted by atomic mass is 10.1. The second-order valence-corrected chi connectivity index (χ2v) is 5.94. The van der Waals surface area contributed by atoms with Gasteiger partial charge in [0, 0.05) is 40.0 Å². The van der Waals surface area contributed by atoms with E-state index in [1.54, 1.807) is 11.0 Å². The van der Waals surface area contributed by atoms with Crippen LogP contribution in [0.4, 0.5) is 11.6 Å². The van der Waals surface area contributed by atoms with Crippen molar-refractivity contribution in [3.05, 3.63) is 18.2 Å². The van der Waals surface area contributed by atoms with E-state index in [0.717, 1.165) is 5.82 Å². The molecule has 2 amide bonds. The SMILES string of the molecule is CN(C)c1cccc(NC(=O)CCC(=O)N2CCC(O)CC2)n1. The molecule has 0 bridgehead atoms. The quantitative estimate of drug-likeness (QED) is 0.840. The van der Waals surface area contributed by atoms with E-state index < -0.39 is 0 Å². The van der Waals surface area contributed by atoms with Crippen LogP contribution in [0.3, 0.4) is 0 Å². The van der Waals surface area contributed by atoms with E-state index in [2.05, 4.69) is 10.3 Å². The molecule has 0 aliphatic carbocycles. The summed E-state index contributed by atoms with van der Waals surface area (Å²) < 4.78 is 0. The van der Waals surface area contributed by atoms with Crippen LogP contribution in [0, 0.1) is 0 Å². The maximum atomic E-state index is 12.0. The molecule has 0 unspecified atom stereocenters. The Labute approximate surface area is 136 Å². The molecule has 0 aromatic carbocycles. The first kappa shape index (κ1) is 17.2. The highest BCUT2D eigenvalue weighted by Gasteiger charge is 2.21. The van der Waals surface area contributed by atoms with Crippen LogP contribution in [-0.2, 0) is 9.59 Å². The number of amides is 2. The highest BCUT2D eigenvalue weighted by molar-refractivity contribution is 5.92. The summed E-state index contributed by atoms with van der Waals surface area (Å²) in [5, 5.41) is 12.2. The zero-order valence-electron chi connectivity index (χ0n) is 13.7. The molecule has 7 heteroatoms. The Balaban J connectivity index is 1.78. The number of hydrogen-bond acceptors (Lipinski definition) is 5. The highest BCUT2D eigenvalue weighted by Crippen LogP contribution is 2.13. The van der Waals surface area contributed by atoms with Crippen molar-refractivity contribution in [2.75, 3.05) is 37.4 Å². The van der Waals surface area contributed by atoms with Gasteiger partial charge in [-0.3, -0.25) is 9.59 Å². The summed E-state index contributed by atoms with van der Waals surface area (Å²) in [7, 11) is 3.75. The molecule has 2 N–H and O–H groups in total. The van der Waals surface area contributed by atoms with Crippen molar-refractivity contribution < 1.29 is 14.7 Å². The van der Waals surface area contributed by atoms with Crippen LogP contribution in [0.1, 0.15) is 25.7 Å². The predicted octanol–water partition coefficient (Wildman–Crippen LogP) is 0.850. The van der Waals surface area contributed by atoms with Crippen LogP contribution in [-0.4, -0.2) is 60.1 Å². The Morgan fingerprint density at radius 1 is 1.30 bits per heavy atom. The van der Waals surface area contributed by atoms with Gasteiger partial charge >= 0.3 is 0 Å². The van der Waals surface area contributed by atoms with E-state index in [0.29, 0.717) is 31.7 Å². The van der Waals surface area contributed by atoms with Crippen molar-refractivity contribution in [2.24, 2.45) is 0 Å². The van der Waals surface area contributed by atoms with Gasteiger partial charge in [-0.25, -0.2) is 4.98 Å². The third-order valence-corrected chi connectivity index (χ3v) is 3.84. The van der Waals surface area contributed by atoms with Crippen LogP contribution in [0.25, 0.3) is 0 Å². The zero-order chi connectivity index (χ0) is 16.8. The minimum Gasteiger partial charge on any atom is -0.393 e. The first-order chi connectivity index (χ1) is 11.0. The molecule has 1 aliphatic heterocycles. The molecule has 0 radical (unpaired) electrons. The molecular weight excluding hydrogens is 296 g/mol. The molecule has 23 heavy (non-hydrogen) atoms. The van der Waals surface area contributed by atoms with E-state index in [4.69, 9.17) is 0 Å². The largest absolute Gasteiger partial charge is 0.393 e. The normalized spacial score (nSPS) is 15.3. The van der Waals surface area contributed by atoms with E-state index in [1.807, 2.05) is 31.1 Å². The van der Waals surface area contributed by atoms with Crippen LogP contribution in [0.15, 0.2) is 18.2 Å². The van der Waals surface area contributed by atoms with Gasteiger partial charge in [0.05, 0.1) is 6.10 Å². The average Bonchev–Trinajstić information content (AvgIpc) is 2.53. The molecule has 0 saturated carbocycles. The molecule has 126 valence electrons. The summed E-state index contributed by atoms with van der Waals surface area (Å²) in [6.07, 6.45) is 1.22. The van der Waals surface area contributed by atoms with Crippen LogP contribution < -0.4 is 10.2 Å². The molecular formula is C16H24N4O3. The van der Waals surface area contributed by atoms with Crippen molar-refractivity contribution in [1.82, 2.24) is 9.88 Å². The first-order valence-corrected chi connectivity index (χ1v) is 7.86. The third-order valence-electron chi connectivity index (χ3n) is 3.84. The molecule has 1 aromatic rings. The molecule has 2 rings (SSSR count). The molecule has 1 aromatic heterocycles. The monoisotopic (exact) mass is 320 g/mol. The second kappa shape index (κ2) is 7.92. The average molecular weight is 320 g/mol. The number of hydrogen-bond donors (Lipinski definition) is 2. The Morgan fingerprint density at radius 2 is 2.00 bits per heavy atom. The van der Waals surface area contributed by atoms with Gasteiger partial charge in [0.2, 0.25) is 11.8 Å². The maximum absolute atomic E-state index is 12.0. The van der Waals surface area contributed by atoms with E-state index in [9.17, 15) is 14.7 Å². The standard InChI is InChI=1S/C16H24N4O3/c1-19(2)14-5-3-4-13(17-14)18-15(22)6-7-16(23)20-10-8-12(21)9-11-20/h3-5,12,21H,6-11H2,1-2H3,(H,17,18,22). The van der Waals surface area contributed by atoms with Crippen molar-refractivity contribution in [1.29, 1.82) is 0 Å². The number of nitrogens with zero attached hydrogens (tertiary/aromatic N) is 3. The number of piperidine rings is 1. The number of pyridine rings is 1. The van der Waals surface area contributed by atoms with Gasteiger partial charge in [-0.1, -0.05) is 6.07 Å². The van der Waals surface area contributed by atoms with E-state index in [1.165, 1.54) is 0 Å². The smallest absolute Gasteiger partial charge is 0.226 e. The van der Waals surface area contributed by atoms with Gasteiger partial charge < -0.3 is 20.2 Å². The lowest BCUT2D eigenvalue weighted by Crippen LogP contribution is -2.40. The summed E-state index contributed by atoms with van der Waals surface area (Å²) >= 11 is 0. The number of aliphatic hydroxyl groups is 1.